The van der Waals surface area contributed by atoms with E-state index in [1.807, 2.05) is 11.9 Å². The molecule has 0 bridgehead atoms. The molecule has 2 saturated heterocycles. The van der Waals surface area contributed by atoms with Gasteiger partial charge >= 0.3 is 6.18 Å². The van der Waals surface area contributed by atoms with Crippen LogP contribution in [0.2, 0.25) is 0 Å². The fraction of sp³-hybridized carbons (Fsp3) is 0.812. The molecule has 1 atom stereocenters. The van der Waals surface area contributed by atoms with Crippen molar-refractivity contribution in [3.8, 4) is 0 Å². The predicted octanol–water partition coefficient (Wildman–Crippen LogP) is 2.12. The maximum atomic E-state index is 12.5. The number of likely N-dealkylation sites (N-methyl/N-ethyl adjacent to an activating group) is 1. The van der Waals surface area contributed by atoms with Crippen LogP contribution < -0.4 is 0 Å². The Kier molecular flexibility index (Phi) is 5.73. The second kappa shape index (κ2) is 7.21. The van der Waals surface area contributed by atoms with Crippen molar-refractivity contribution in [3.63, 3.8) is 0 Å². The van der Waals surface area contributed by atoms with E-state index in [9.17, 15) is 18.0 Å². The molecule has 1 amide bonds. The van der Waals surface area contributed by atoms with E-state index in [0.29, 0.717) is 39.0 Å². The molecule has 2 aliphatic heterocycles. The van der Waals surface area contributed by atoms with Gasteiger partial charge in [-0.3, -0.25) is 14.6 Å². The highest BCUT2D eigenvalue weighted by atomic mass is 19.4. The number of nitrogens with zero attached hydrogens (tertiary/aromatic N) is 3. The van der Waals surface area contributed by atoms with Gasteiger partial charge in [0.25, 0.3) is 0 Å². The summed E-state index contributed by atoms with van der Waals surface area (Å²) in [6.07, 6.45) is -1.21. The molecule has 0 radical (unpaired) electrons. The van der Waals surface area contributed by atoms with Crippen LogP contribution in [0.25, 0.3) is 0 Å². The average molecular weight is 333 g/mol. The van der Waals surface area contributed by atoms with Gasteiger partial charge in [-0.15, -0.1) is 6.58 Å². The summed E-state index contributed by atoms with van der Waals surface area (Å²) in [6, 6.07) is 0. The van der Waals surface area contributed by atoms with Gasteiger partial charge in [-0.2, -0.15) is 13.2 Å². The molecule has 0 aromatic carbocycles. The van der Waals surface area contributed by atoms with Crippen molar-refractivity contribution < 1.29 is 18.0 Å². The Morgan fingerprint density at radius 2 is 2.00 bits per heavy atom. The minimum absolute atomic E-state index is 0.0450. The first-order valence-corrected chi connectivity index (χ1v) is 8.15. The number of likely N-dealkylation sites (tertiary alicyclic amines) is 1. The van der Waals surface area contributed by atoms with Crippen molar-refractivity contribution in [2.24, 2.45) is 0 Å². The molecule has 0 N–H and O–H groups in total. The highest BCUT2D eigenvalue weighted by Crippen LogP contribution is 2.32. The third-order valence-electron chi connectivity index (χ3n) is 5.14. The normalized spacial score (nSPS) is 28.2. The van der Waals surface area contributed by atoms with E-state index in [2.05, 4.69) is 11.5 Å². The lowest BCUT2D eigenvalue weighted by molar-refractivity contribution is -0.140. The summed E-state index contributed by atoms with van der Waals surface area (Å²) in [4.78, 5) is 18.1. The fourth-order valence-electron chi connectivity index (χ4n) is 3.60. The smallest absolute Gasteiger partial charge is 0.339 e. The van der Waals surface area contributed by atoms with Crippen LogP contribution in [0.3, 0.4) is 0 Å². The van der Waals surface area contributed by atoms with Gasteiger partial charge in [0, 0.05) is 51.2 Å². The third kappa shape index (κ3) is 4.70. The Bertz CT molecular complexity index is 441. The van der Waals surface area contributed by atoms with E-state index in [0.717, 1.165) is 13.0 Å². The van der Waals surface area contributed by atoms with Crippen LogP contribution in [0, 0.1) is 0 Å². The summed E-state index contributed by atoms with van der Waals surface area (Å²) >= 11 is 0. The van der Waals surface area contributed by atoms with Crippen molar-refractivity contribution in [2.45, 2.75) is 37.4 Å². The number of amides is 1. The molecule has 0 saturated carbocycles. The van der Waals surface area contributed by atoms with Crippen molar-refractivity contribution in [3.05, 3.63) is 12.7 Å². The molecule has 2 rings (SSSR count). The molecular weight excluding hydrogens is 307 g/mol. The molecule has 4 nitrogen and oxygen atoms in total. The van der Waals surface area contributed by atoms with E-state index >= 15 is 0 Å². The van der Waals surface area contributed by atoms with Gasteiger partial charge in [-0.1, -0.05) is 6.08 Å². The topological polar surface area (TPSA) is 26.8 Å². The molecule has 7 heteroatoms. The molecule has 23 heavy (non-hydrogen) atoms. The summed E-state index contributed by atoms with van der Waals surface area (Å²) in [7, 11) is 2.02. The number of carbonyl (C=O) groups is 1. The molecule has 0 aromatic rings. The van der Waals surface area contributed by atoms with Crippen LogP contribution in [-0.4, -0.2) is 78.6 Å². The summed E-state index contributed by atoms with van der Waals surface area (Å²) in [5.41, 5.74) is -0.199. The van der Waals surface area contributed by atoms with Crippen LogP contribution >= 0.6 is 0 Å². The van der Waals surface area contributed by atoms with Crippen LogP contribution in [0.5, 0.6) is 0 Å². The molecule has 1 spiro atoms. The number of rotatable bonds is 4. The lowest BCUT2D eigenvalue weighted by Gasteiger charge is -2.49. The maximum Gasteiger partial charge on any atom is 0.390 e. The summed E-state index contributed by atoms with van der Waals surface area (Å²) < 4.78 is 37.4. The van der Waals surface area contributed by atoms with Gasteiger partial charge in [0.1, 0.15) is 0 Å². The standard InChI is InChI=1S/C16H26F3N3O/c1-3-8-22-10-6-15(5-4-14(22)23)13-21(12-11-20(15)2)9-7-16(17,18)19/h3H,1,4-13H2,2H3. The SMILES string of the molecule is C=CCN1CCC2(CCC1=O)CN(CCC(F)(F)F)CCN2C. The average Bonchev–Trinajstić information content (AvgIpc) is 2.63. The lowest BCUT2D eigenvalue weighted by Crippen LogP contribution is -2.61. The lowest BCUT2D eigenvalue weighted by atomic mass is 9.86. The van der Waals surface area contributed by atoms with Crippen molar-refractivity contribution >= 4 is 5.91 Å². The highest BCUT2D eigenvalue weighted by Gasteiger charge is 2.42. The number of hydrogen-bond acceptors (Lipinski definition) is 3. The van der Waals surface area contributed by atoms with Crippen LogP contribution in [0.1, 0.15) is 25.7 Å². The maximum absolute atomic E-state index is 12.5. The molecule has 0 aromatic heterocycles. The Hall–Kier alpha value is -1.08. The molecule has 2 heterocycles. The molecular formula is C16H26F3N3O. The number of alkyl halides is 3. The minimum Gasteiger partial charge on any atom is -0.339 e. The van der Waals surface area contributed by atoms with Crippen LogP contribution in [0.4, 0.5) is 13.2 Å². The molecule has 2 fully saturated rings. The van der Waals surface area contributed by atoms with Crippen molar-refractivity contribution in [1.29, 1.82) is 0 Å². The predicted molar refractivity (Wildman–Crippen MR) is 83.1 cm³/mol. The van der Waals surface area contributed by atoms with Crippen molar-refractivity contribution in [1.82, 2.24) is 14.7 Å². The highest BCUT2D eigenvalue weighted by molar-refractivity contribution is 5.76. The number of halogens is 3. The monoisotopic (exact) mass is 333 g/mol. The van der Waals surface area contributed by atoms with Crippen LogP contribution in [-0.2, 0) is 4.79 Å². The van der Waals surface area contributed by atoms with Crippen molar-refractivity contribution in [2.75, 3.05) is 46.3 Å². The second-order valence-electron chi connectivity index (χ2n) is 6.67. The first kappa shape index (κ1) is 18.3. The fourth-order valence-corrected chi connectivity index (χ4v) is 3.60. The van der Waals surface area contributed by atoms with Gasteiger partial charge in [0.2, 0.25) is 5.91 Å². The summed E-state index contributed by atoms with van der Waals surface area (Å²) in [6.45, 7) is 6.90. The Balaban J connectivity index is 2.03. The van der Waals surface area contributed by atoms with Gasteiger partial charge in [0.05, 0.1) is 6.42 Å². The number of piperazine rings is 1. The molecule has 132 valence electrons. The quantitative estimate of drug-likeness (QED) is 0.738. The first-order chi connectivity index (χ1) is 10.8. The number of carbonyl (C=O) groups excluding carboxylic acids is 1. The summed E-state index contributed by atoms with van der Waals surface area (Å²) in [5.74, 6) is 0.114. The van der Waals surface area contributed by atoms with Gasteiger partial charge in [0.15, 0.2) is 0 Å². The minimum atomic E-state index is -4.11. The Morgan fingerprint density at radius 3 is 2.65 bits per heavy atom. The van der Waals surface area contributed by atoms with Gasteiger partial charge in [-0.25, -0.2) is 0 Å². The largest absolute Gasteiger partial charge is 0.390 e. The second-order valence-corrected chi connectivity index (χ2v) is 6.67. The zero-order valence-corrected chi connectivity index (χ0v) is 13.7. The van der Waals surface area contributed by atoms with Crippen LogP contribution in [0.15, 0.2) is 12.7 Å². The van der Waals surface area contributed by atoms with Gasteiger partial charge in [-0.05, 0) is 19.9 Å². The Labute approximate surface area is 135 Å². The van der Waals surface area contributed by atoms with Gasteiger partial charge < -0.3 is 4.90 Å². The van der Waals surface area contributed by atoms with E-state index in [4.69, 9.17) is 0 Å². The van der Waals surface area contributed by atoms with E-state index in [1.54, 1.807) is 11.0 Å². The zero-order valence-electron chi connectivity index (χ0n) is 13.7. The first-order valence-electron chi connectivity index (χ1n) is 8.15. The summed E-state index contributed by atoms with van der Waals surface area (Å²) in [5, 5.41) is 0. The van der Waals surface area contributed by atoms with E-state index in [1.165, 1.54) is 0 Å². The molecule has 1 unspecified atom stereocenters. The third-order valence-corrected chi connectivity index (χ3v) is 5.14. The number of hydrogen-bond donors (Lipinski definition) is 0. The molecule has 2 aliphatic rings. The Morgan fingerprint density at radius 1 is 1.26 bits per heavy atom. The zero-order chi connectivity index (χ0) is 17.1. The van der Waals surface area contributed by atoms with E-state index in [-0.39, 0.29) is 18.0 Å². The molecule has 0 aliphatic carbocycles. The van der Waals surface area contributed by atoms with E-state index < -0.39 is 12.6 Å².